The number of amides is 3. The summed E-state index contributed by atoms with van der Waals surface area (Å²) in [5, 5.41) is 10.4. The Morgan fingerprint density at radius 1 is 0.800 bits per heavy atom. The third kappa shape index (κ3) is 10.2. The maximum atomic E-state index is 13.8. The van der Waals surface area contributed by atoms with E-state index < -0.39 is 17.1 Å². The zero-order valence-electron chi connectivity index (χ0n) is 30.3. The van der Waals surface area contributed by atoms with Gasteiger partial charge >= 0.3 is 0 Å². The summed E-state index contributed by atoms with van der Waals surface area (Å²) in [5.74, 6) is 0.597. The first-order valence-electron chi connectivity index (χ1n) is 17.3. The van der Waals surface area contributed by atoms with Crippen LogP contribution in [0.15, 0.2) is 143 Å². The van der Waals surface area contributed by atoms with E-state index in [1.165, 1.54) is 43.4 Å². The Balaban J connectivity index is 1.18. The Bertz CT molecular complexity index is 2260. The van der Waals surface area contributed by atoms with Gasteiger partial charge in [0.05, 0.1) is 26.5 Å². The Hall–Kier alpha value is -6.37. The van der Waals surface area contributed by atoms with E-state index in [-0.39, 0.29) is 11.6 Å². The minimum absolute atomic E-state index is 0.00691. The molecule has 0 spiro atoms. The predicted octanol–water partition coefficient (Wildman–Crippen LogP) is 9.11. The number of thiazole rings is 1. The first-order chi connectivity index (χ1) is 26.8. The van der Waals surface area contributed by atoms with Crippen molar-refractivity contribution in [3.63, 3.8) is 0 Å². The number of thioether (sulfide) groups is 1. The van der Waals surface area contributed by atoms with Crippen LogP contribution in [-0.4, -0.2) is 43.5 Å². The minimum atomic E-state index is -0.597. The number of anilines is 2. The normalized spacial score (nSPS) is 11.6. The fourth-order valence-electron chi connectivity index (χ4n) is 5.43. The number of benzene rings is 5. The van der Waals surface area contributed by atoms with Crippen LogP contribution >= 0.6 is 23.1 Å². The molecule has 0 bridgehead atoms. The van der Waals surface area contributed by atoms with Gasteiger partial charge in [0.25, 0.3) is 11.8 Å². The Labute approximate surface area is 327 Å². The zero-order valence-corrected chi connectivity index (χ0v) is 31.9. The maximum absolute atomic E-state index is 13.8. The number of carbonyl (C=O) groups is 3. The summed E-state index contributed by atoms with van der Waals surface area (Å²) in [6, 6.07) is 38.1. The molecular formula is C43H38N4O6S2. The van der Waals surface area contributed by atoms with Gasteiger partial charge in [0.1, 0.15) is 28.2 Å². The average Bonchev–Trinajstić information content (AvgIpc) is 3.69. The molecule has 10 nitrogen and oxygen atoms in total. The van der Waals surface area contributed by atoms with Crippen LogP contribution in [0, 0.1) is 0 Å². The van der Waals surface area contributed by atoms with Gasteiger partial charge < -0.3 is 30.2 Å². The summed E-state index contributed by atoms with van der Waals surface area (Å²) in [5.41, 5.74) is 3.89. The van der Waals surface area contributed by atoms with Gasteiger partial charge in [-0.15, -0.1) is 23.1 Å². The van der Waals surface area contributed by atoms with Crippen molar-refractivity contribution in [3.05, 3.63) is 155 Å². The molecule has 3 N–H and O–H groups in total. The number of rotatable bonds is 15. The molecule has 0 saturated heterocycles. The molecule has 0 aliphatic heterocycles. The summed E-state index contributed by atoms with van der Waals surface area (Å²) in [4.78, 5) is 46.2. The quantitative estimate of drug-likeness (QED) is 0.0697. The number of nitrogens with one attached hydrogen (secondary N) is 3. The molecule has 1 heterocycles. The molecule has 1 aromatic heterocycles. The van der Waals surface area contributed by atoms with Crippen molar-refractivity contribution in [1.82, 2.24) is 10.3 Å². The highest BCUT2D eigenvalue weighted by atomic mass is 32.2. The van der Waals surface area contributed by atoms with Gasteiger partial charge in [-0.05, 0) is 97.4 Å². The Morgan fingerprint density at radius 2 is 1.49 bits per heavy atom. The highest BCUT2D eigenvalue weighted by molar-refractivity contribution is 8.00. The molecule has 0 saturated carbocycles. The van der Waals surface area contributed by atoms with Gasteiger partial charge in [0, 0.05) is 32.7 Å². The third-order valence-corrected chi connectivity index (χ3v) is 10.2. The molecule has 5 aromatic carbocycles. The van der Waals surface area contributed by atoms with Crippen LogP contribution in [0.4, 0.5) is 10.8 Å². The summed E-state index contributed by atoms with van der Waals surface area (Å²) >= 11 is 2.73. The van der Waals surface area contributed by atoms with Gasteiger partial charge in [-0.1, -0.05) is 48.5 Å². The molecule has 0 aliphatic rings. The van der Waals surface area contributed by atoms with E-state index in [4.69, 9.17) is 14.2 Å². The number of carbonyl (C=O) groups excluding carboxylic acids is 3. The average molecular weight is 771 g/mol. The fourth-order valence-corrected chi connectivity index (χ4v) is 7.17. The lowest BCUT2D eigenvalue weighted by Gasteiger charge is -2.17. The predicted molar refractivity (Wildman–Crippen MR) is 219 cm³/mol. The van der Waals surface area contributed by atoms with E-state index in [2.05, 4.69) is 20.9 Å². The molecule has 3 amide bonds. The smallest absolute Gasteiger partial charge is 0.272 e. The van der Waals surface area contributed by atoms with Crippen molar-refractivity contribution in [3.8, 4) is 28.5 Å². The van der Waals surface area contributed by atoms with Gasteiger partial charge in [0.15, 0.2) is 5.13 Å². The number of hydrogen-bond acceptors (Lipinski definition) is 9. The zero-order chi connectivity index (χ0) is 38.6. The van der Waals surface area contributed by atoms with Crippen LogP contribution in [-0.2, 0) is 9.59 Å². The summed E-state index contributed by atoms with van der Waals surface area (Å²) in [7, 11) is 3.06. The second-order valence-electron chi connectivity index (χ2n) is 11.9. The van der Waals surface area contributed by atoms with Crippen LogP contribution in [0.3, 0.4) is 0 Å². The summed E-state index contributed by atoms with van der Waals surface area (Å²) in [6.07, 6.45) is 1.54. The van der Waals surface area contributed by atoms with Crippen LogP contribution in [0.2, 0.25) is 0 Å². The van der Waals surface area contributed by atoms with Crippen molar-refractivity contribution in [2.24, 2.45) is 0 Å². The van der Waals surface area contributed by atoms with Crippen LogP contribution < -0.4 is 30.2 Å². The van der Waals surface area contributed by atoms with Crippen molar-refractivity contribution in [2.75, 3.05) is 31.5 Å². The molecule has 0 fully saturated rings. The molecule has 55 heavy (non-hydrogen) atoms. The molecule has 278 valence electrons. The van der Waals surface area contributed by atoms with Gasteiger partial charge in [-0.3, -0.25) is 14.4 Å². The molecule has 0 aliphatic carbocycles. The monoisotopic (exact) mass is 770 g/mol. The van der Waals surface area contributed by atoms with E-state index in [9.17, 15) is 14.4 Å². The summed E-state index contributed by atoms with van der Waals surface area (Å²) < 4.78 is 16.4. The Morgan fingerprint density at radius 3 is 2.16 bits per heavy atom. The second kappa shape index (κ2) is 18.6. The third-order valence-electron chi connectivity index (χ3n) is 8.17. The van der Waals surface area contributed by atoms with Crippen LogP contribution in [0.5, 0.6) is 17.2 Å². The minimum Gasteiger partial charge on any atom is -0.497 e. The van der Waals surface area contributed by atoms with Crippen molar-refractivity contribution in [2.45, 2.75) is 17.1 Å². The summed E-state index contributed by atoms with van der Waals surface area (Å²) in [6.45, 7) is 2.53. The lowest BCUT2D eigenvalue weighted by Crippen LogP contribution is -2.30. The molecule has 6 rings (SSSR count). The number of nitrogens with zero attached hydrogens (tertiary/aromatic N) is 1. The topological polar surface area (TPSA) is 128 Å². The lowest BCUT2D eigenvalue weighted by atomic mass is 10.1. The molecule has 0 radical (unpaired) electrons. The van der Waals surface area contributed by atoms with E-state index in [0.29, 0.717) is 40.1 Å². The molecule has 1 unspecified atom stereocenters. The van der Waals surface area contributed by atoms with E-state index in [1.807, 2.05) is 79.0 Å². The van der Waals surface area contributed by atoms with E-state index >= 15 is 0 Å². The van der Waals surface area contributed by atoms with E-state index in [1.54, 1.807) is 60.7 Å². The molecule has 6 aromatic rings. The first kappa shape index (κ1) is 38.4. The molecular weight excluding hydrogens is 733 g/mol. The van der Waals surface area contributed by atoms with Crippen LogP contribution in [0.1, 0.15) is 33.7 Å². The largest absolute Gasteiger partial charge is 0.497 e. The van der Waals surface area contributed by atoms with Crippen molar-refractivity contribution < 1.29 is 28.6 Å². The van der Waals surface area contributed by atoms with E-state index in [0.717, 1.165) is 27.5 Å². The first-order valence-corrected chi connectivity index (χ1v) is 19.0. The number of ether oxygens (including phenoxy) is 3. The molecule has 12 heteroatoms. The van der Waals surface area contributed by atoms with Crippen LogP contribution in [0.25, 0.3) is 17.3 Å². The highest BCUT2D eigenvalue weighted by Crippen LogP contribution is 2.37. The van der Waals surface area contributed by atoms with Gasteiger partial charge in [-0.2, -0.15) is 0 Å². The number of hydrogen-bond donors (Lipinski definition) is 3. The highest BCUT2D eigenvalue weighted by Gasteiger charge is 2.24. The lowest BCUT2D eigenvalue weighted by molar-refractivity contribution is -0.116. The van der Waals surface area contributed by atoms with Crippen molar-refractivity contribution in [1.29, 1.82) is 0 Å². The van der Waals surface area contributed by atoms with Gasteiger partial charge in [-0.25, -0.2) is 4.98 Å². The maximum Gasteiger partial charge on any atom is 0.272 e. The molecule has 1 atom stereocenters. The standard InChI is InChI=1S/C43H38N4O6S2/c1-4-53-33-19-15-28(16-20-33)37-27-54-43(46-37)47-42(50)39(29-11-7-5-8-12-29)55-35-22-17-32(18-23-35)44-41(49)36(45-40(48)30-13-9-6-10-14-30)26-31-25-34(51-2)21-24-38(31)52-3/h5-27,39H,4H2,1-3H3,(H,44,49)(H,45,48)(H,46,47,50)/b36-26-. The van der Waals surface area contributed by atoms with Gasteiger partial charge in [0.2, 0.25) is 5.91 Å². The SMILES string of the molecule is CCOc1ccc(-c2csc(NC(=O)C(Sc3ccc(NC(=O)/C(=C/c4cc(OC)ccc4OC)NC(=O)c4ccccc4)cc3)c3ccccc3)n2)cc1. The fraction of sp³-hybridized carbons (Fsp3) is 0.116. The van der Waals surface area contributed by atoms with Crippen molar-refractivity contribution >= 4 is 57.7 Å². The second-order valence-corrected chi connectivity index (χ2v) is 13.9. The number of methoxy groups -OCH3 is 2. The number of aromatic nitrogens is 1. The Kier molecular flexibility index (Phi) is 13.0.